The van der Waals surface area contributed by atoms with Gasteiger partial charge >= 0.3 is 5.97 Å². The van der Waals surface area contributed by atoms with Crippen LogP contribution in [-0.2, 0) is 17.8 Å². The Morgan fingerprint density at radius 1 is 1.15 bits per heavy atom. The van der Waals surface area contributed by atoms with Gasteiger partial charge in [-0.3, -0.25) is 4.90 Å². The zero-order chi connectivity index (χ0) is 18.7. The Morgan fingerprint density at radius 3 is 2.65 bits per heavy atom. The molecule has 136 valence electrons. The van der Waals surface area contributed by atoms with Gasteiger partial charge in [-0.05, 0) is 44.2 Å². The molecule has 0 aliphatic heterocycles. The molecule has 0 bridgehead atoms. The molecule has 3 nitrogen and oxygen atoms in total. The fourth-order valence-electron chi connectivity index (χ4n) is 3.08. The van der Waals surface area contributed by atoms with Crippen molar-refractivity contribution in [1.82, 2.24) is 4.90 Å². The fraction of sp³-hybridized carbons (Fsp3) is 0.286. The maximum atomic E-state index is 14.5. The molecule has 2 aromatic carbocycles. The van der Waals surface area contributed by atoms with Crippen molar-refractivity contribution in [2.45, 2.75) is 26.9 Å². The standard InChI is InChI=1S/C21H22FNO2S/c1-4-25-21(24)20-16(19-17(22)10-7-11-18(19)26-20)13-23(3)12-15-9-6-5-8-14(15)2/h5-11H,4,12-13H2,1-3H3. The average molecular weight is 371 g/mol. The smallest absolute Gasteiger partial charge is 0.348 e. The summed E-state index contributed by atoms with van der Waals surface area (Å²) in [6.45, 7) is 5.35. The zero-order valence-electron chi connectivity index (χ0n) is 15.2. The molecule has 0 amide bonds. The van der Waals surface area contributed by atoms with Crippen molar-refractivity contribution in [3.63, 3.8) is 0 Å². The number of hydrogen-bond acceptors (Lipinski definition) is 4. The molecule has 0 spiro atoms. The molecule has 3 rings (SSSR count). The predicted octanol–water partition coefficient (Wildman–Crippen LogP) is 5.16. The number of carbonyl (C=O) groups excluding carboxylic acids is 1. The maximum absolute atomic E-state index is 14.5. The Kier molecular flexibility index (Phi) is 5.69. The Bertz CT molecular complexity index is 935. The Balaban J connectivity index is 1.96. The van der Waals surface area contributed by atoms with E-state index in [1.54, 1.807) is 13.0 Å². The second-order valence-electron chi connectivity index (χ2n) is 6.34. The molecule has 0 fully saturated rings. The van der Waals surface area contributed by atoms with Crippen molar-refractivity contribution in [2.24, 2.45) is 0 Å². The van der Waals surface area contributed by atoms with Crippen LogP contribution in [-0.4, -0.2) is 24.5 Å². The van der Waals surface area contributed by atoms with Crippen molar-refractivity contribution in [3.05, 3.63) is 69.8 Å². The van der Waals surface area contributed by atoms with Crippen molar-refractivity contribution in [1.29, 1.82) is 0 Å². The number of nitrogens with zero attached hydrogens (tertiary/aromatic N) is 1. The van der Waals surface area contributed by atoms with E-state index in [9.17, 15) is 9.18 Å². The quantitative estimate of drug-likeness (QED) is 0.561. The molecular weight excluding hydrogens is 349 g/mol. The summed E-state index contributed by atoms with van der Waals surface area (Å²) in [5, 5.41) is 0.525. The summed E-state index contributed by atoms with van der Waals surface area (Å²) in [5.74, 6) is -0.680. The Morgan fingerprint density at radius 2 is 1.92 bits per heavy atom. The minimum absolute atomic E-state index is 0.298. The molecule has 0 aliphatic rings. The number of carbonyl (C=O) groups is 1. The van der Waals surface area contributed by atoms with Gasteiger partial charge in [-0.1, -0.05) is 30.3 Å². The topological polar surface area (TPSA) is 29.5 Å². The Labute approximate surface area is 157 Å². The largest absolute Gasteiger partial charge is 0.462 e. The molecule has 1 heterocycles. The summed E-state index contributed by atoms with van der Waals surface area (Å²) in [6.07, 6.45) is 0. The first kappa shape index (κ1) is 18.5. The van der Waals surface area contributed by atoms with Crippen molar-refractivity contribution >= 4 is 27.4 Å². The molecule has 0 N–H and O–H groups in total. The molecular formula is C21H22FNO2S. The van der Waals surface area contributed by atoms with Crippen LogP contribution >= 0.6 is 11.3 Å². The number of halogens is 1. The van der Waals surface area contributed by atoms with Crippen LogP contribution in [0.2, 0.25) is 0 Å². The second-order valence-corrected chi connectivity index (χ2v) is 7.39. The second kappa shape index (κ2) is 7.98. The van der Waals surface area contributed by atoms with Gasteiger partial charge in [-0.2, -0.15) is 0 Å². The van der Waals surface area contributed by atoms with Crippen molar-refractivity contribution in [2.75, 3.05) is 13.7 Å². The third-order valence-electron chi connectivity index (χ3n) is 4.35. The van der Waals surface area contributed by atoms with E-state index in [0.29, 0.717) is 29.0 Å². The SMILES string of the molecule is CCOC(=O)c1sc2cccc(F)c2c1CN(C)Cc1ccccc1C. The van der Waals surface area contributed by atoms with Gasteiger partial charge in [0.1, 0.15) is 10.7 Å². The van der Waals surface area contributed by atoms with Crippen LogP contribution in [0.3, 0.4) is 0 Å². The number of aryl methyl sites for hydroxylation is 1. The van der Waals surface area contributed by atoms with Crippen LogP contribution in [0.1, 0.15) is 33.3 Å². The van der Waals surface area contributed by atoms with E-state index in [-0.39, 0.29) is 11.8 Å². The molecule has 3 aromatic rings. The molecule has 0 aliphatic carbocycles. The lowest BCUT2D eigenvalue weighted by Gasteiger charge is -2.18. The Hall–Kier alpha value is -2.24. The highest BCUT2D eigenvalue weighted by atomic mass is 32.1. The van der Waals surface area contributed by atoms with E-state index in [1.165, 1.54) is 28.5 Å². The van der Waals surface area contributed by atoms with Crippen LogP contribution < -0.4 is 0 Å². The third kappa shape index (κ3) is 3.79. The van der Waals surface area contributed by atoms with Gasteiger partial charge in [0.05, 0.1) is 6.61 Å². The number of rotatable bonds is 6. The van der Waals surface area contributed by atoms with Gasteiger partial charge in [0, 0.05) is 28.7 Å². The first-order valence-electron chi connectivity index (χ1n) is 8.61. The molecule has 0 radical (unpaired) electrons. The van der Waals surface area contributed by atoms with E-state index >= 15 is 0 Å². The maximum Gasteiger partial charge on any atom is 0.348 e. The predicted molar refractivity (Wildman–Crippen MR) is 104 cm³/mol. The molecule has 5 heteroatoms. The summed E-state index contributed by atoms with van der Waals surface area (Å²) in [7, 11) is 1.98. The first-order valence-corrected chi connectivity index (χ1v) is 9.43. The van der Waals surface area contributed by atoms with E-state index in [1.807, 2.05) is 25.2 Å². The molecule has 0 atom stereocenters. The third-order valence-corrected chi connectivity index (χ3v) is 5.53. The van der Waals surface area contributed by atoms with Gasteiger partial charge < -0.3 is 4.74 Å². The summed E-state index contributed by atoms with van der Waals surface area (Å²) >= 11 is 1.30. The summed E-state index contributed by atoms with van der Waals surface area (Å²) in [6, 6.07) is 13.1. The van der Waals surface area contributed by atoms with E-state index < -0.39 is 0 Å². The number of thiophene rings is 1. The van der Waals surface area contributed by atoms with Crippen LogP contribution in [0.4, 0.5) is 4.39 Å². The van der Waals surface area contributed by atoms with Crippen LogP contribution in [0.5, 0.6) is 0 Å². The number of fused-ring (bicyclic) bond motifs is 1. The lowest BCUT2D eigenvalue weighted by Crippen LogP contribution is -2.19. The first-order chi connectivity index (χ1) is 12.5. The minimum atomic E-state index is -0.382. The van der Waals surface area contributed by atoms with E-state index in [0.717, 1.165) is 11.2 Å². The normalized spacial score (nSPS) is 11.3. The summed E-state index contributed by atoms with van der Waals surface area (Å²) in [5.41, 5.74) is 3.14. The molecule has 26 heavy (non-hydrogen) atoms. The van der Waals surface area contributed by atoms with Gasteiger partial charge in [0.2, 0.25) is 0 Å². The van der Waals surface area contributed by atoms with Gasteiger partial charge in [-0.25, -0.2) is 9.18 Å². The molecule has 0 saturated heterocycles. The zero-order valence-corrected chi connectivity index (χ0v) is 16.0. The van der Waals surface area contributed by atoms with Gasteiger partial charge in [0.15, 0.2) is 0 Å². The van der Waals surface area contributed by atoms with Gasteiger partial charge in [-0.15, -0.1) is 11.3 Å². The number of ether oxygens (including phenoxy) is 1. The van der Waals surface area contributed by atoms with E-state index in [4.69, 9.17) is 4.74 Å². The number of hydrogen-bond donors (Lipinski definition) is 0. The highest BCUT2D eigenvalue weighted by molar-refractivity contribution is 7.21. The van der Waals surface area contributed by atoms with Crippen LogP contribution in [0, 0.1) is 12.7 Å². The monoisotopic (exact) mass is 371 g/mol. The van der Waals surface area contributed by atoms with Crippen LogP contribution in [0.25, 0.3) is 10.1 Å². The summed E-state index contributed by atoms with van der Waals surface area (Å²) < 4.78 is 20.4. The number of benzene rings is 2. The average Bonchev–Trinajstić information content (AvgIpc) is 2.97. The highest BCUT2D eigenvalue weighted by Gasteiger charge is 2.22. The molecule has 0 unspecified atom stereocenters. The number of esters is 1. The summed E-state index contributed by atoms with van der Waals surface area (Å²) in [4.78, 5) is 15.0. The van der Waals surface area contributed by atoms with Crippen LogP contribution in [0.15, 0.2) is 42.5 Å². The van der Waals surface area contributed by atoms with E-state index in [2.05, 4.69) is 24.0 Å². The fourth-order valence-corrected chi connectivity index (χ4v) is 4.21. The molecule has 0 saturated carbocycles. The van der Waals surface area contributed by atoms with Crippen molar-refractivity contribution in [3.8, 4) is 0 Å². The highest BCUT2D eigenvalue weighted by Crippen LogP contribution is 2.34. The van der Waals surface area contributed by atoms with Gasteiger partial charge in [0.25, 0.3) is 0 Å². The lowest BCUT2D eigenvalue weighted by atomic mass is 10.1. The van der Waals surface area contributed by atoms with Crippen molar-refractivity contribution < 1.29 is 13.9 Å². The lowest BCUT2D eigenvalue weighted by molar-refractivity contribution is 0.0530. The molecule has 1 aromatic heterocycles. The minimum Gasteiger partial charge on any atom is -0.462 e.